The molecule has 0 saturated heterocycles. The van der Waals surface area contributed by atoms with Crippen LogP contribution in [0.2, 0.25) is 0 Å². The molecule has 0 N–H and O–H groups in total. The van der Waals surface area contributed by atoms with Crippen LogP contribution in [0.3, 0.4) is 0 Å². The Labute approximate surface area is 307 Å². The van der Waals surface area contributed by atoms with Crippen LogP contribution < -0.4 is 9.47 Å². The SMILES string of the molecule is c1ccc(C2(c3ccccc3)c3ccccc3-c3cc4c(cc32)Oc2ccc(-c3cccc(-c5ccc6ccc7ccccc7c6n5)c3)cc2O4)cc1. The van der Waals surface area contributed by atoms with E-state index in [1.54, 1.807) is 0 Å². The first kappa shape index (κ1) is 29.7. The summed E-state index contributed by atoms with van der Waals surface area (Å²) in [6.45, 7) is 0. The Morgan fingerprint density at radius 2 is 1.02 bits per heavy atom. The highest BCUT2D eigenvalue weighted by Gasteiger charge is 2.47. The topological polar surface area (TPSA) is 31.4 Å². The van der Waals surface area contributed by atoms with E-state index in [2.05, 4.69) is 182 Å². The fraction of sp³-hybridized carbons (Fsp3) is 0.0200. The molecule has 0 unspecified atom stereocenters. The molecule has 1 aromatic heterocycles. The van der Waals surface area contributed by atoms with Crippen molar-refractivity contribution in [1.29, 1.82) is 0 Å². The smallest absolute Gasteiger partial charge is 0.170 e. The number of hydrogen-bond donors (Lipinski definition) is 0. The first-order valence-corrected chi connectivity index (χ1v) is 18.0. The molecule has 0 radical (unpaired) electrons. The van der Waals surface area contributed by atoms with Gasteiger partial charge < -0.3 is 9.47 Å². The van der Waals surface area contributed by atoms with E-state index in [1.807, 2.05) is 6.07 Å². The van der Waals surface area contributed by atoms with Gasteiger partial charge in [-0.15, -0.1) is 0 Å². The van der Waals surface area contributed by atoms with Crippen LogP contribution in [0.5, 0.6) is 23.0 Å². The number of hydrogen-bond acceptors (Lipinski definition) is 3. The quantitative estimate of drug-likeness (QED) is 0.174. The highest BCUT2D eigenvalue weighted by Crippen LogP contribution is 2.59. The van der Waals surface area contributed by atoms with Crippen molar-refractivity contribution in [1.82, 2.24) is 4.98 Å². The van der Waals surface area contributed by atoms with E-state index in [-0.39, 0.29) is 0 Å². The van der Waals surface area contributed by atoms with Gasteiger partial charge in [-0.3, -0.25) is 0 Å². The zero-order valence-electron chi connectivity index (χ0n) is 28.7. The molecule has 2 heterocycles. The van der Waals surface area contributed by atoms with Crippen LogP contribution in [0.15, 0.2) is 188 Å². The van der Waals surface area contributed by atoms with Gasteiger partial charge in [0.2, 0.25) is 0 Å². The van der Waals surface area contributed by atoms with E-state index < -0.39 is 5.41 Å². The minimum Gasteiger partial charge on any atom is -0.450 e. The summed E-state index contributed by atoms with van der Waals surface area (Å²) in [7, 11) is 0. The maximum absolute atomic E-state index is 6.73. The normalized spacial score (nSPS) is 13.4. The van der Waals surface area contributed by atoms with Gasteiger partial charge >= 0.3 is 0 Å². The summed E-state index contributed by atoms with van der Waals surface area (Å²) in [4.78, 5) is 5.15. The maximum atomic E-state index is 6.73. The van der Waals surface area contributed by atoms with Crippen LogP contribution in [0.25, 0.3) is 55.2 Å². The molecule has 0 spiro atoms. The third-order valence-corrected chi connectivity index (χ3v) is 11.0. The fourth-order valence-electron chi connectivity index (χ4n) is 8.57. The van der Waals surface area contributed by atoms with E-state index in [9.17, 15) is 0 Å². The molecule has 0 atom stereocenters. The lowest BCUT2D eigenvalue weighted by molar-refractivity contribution is 0.359. The molecule has 8 aromatic carbocycles. The predicted molar refractivity (Wildman–Crippen MR) is 214 cm³/mol. The number of fused-ring (bicyclic) bond motifs is 8. The van der Waals surface area contributed by atoms with Crippen molar-refractivity contribution in [2.45, 2.75) is 5.41 Å². The molecule has 1 aliphatic carbocycles. The van der Waals surface area contributed by atoms with Gasteiger partial charge in [-0.1, -0.05) is 152 Å². The maximum Gasteiger partial charge on any atom is 0.170 e. The van der Waals surface area contributed by atoms with E-state index in [4.69, 9.17) is 14.5 Å². The lowest BCUT2D eigenvalue weighted by Crippen LogP contribution is -2.28. The van der Waals surface area contributed by atoms with Crippen LogP contribution in [-0.2, 0) is 5.41 Å². The highest BCUT2D eigenvalue weighted by molar-refractivity contribution is 6.05. The van der Waals surface area contributed by atoms with E-state index in [0.29, 0.717) is 23.0 Å². The standard InChI is InChI=1S/C50H31NO2/c1-3-15-37(16-4-1)50(38-17-5-2-6-18-38)42-21-10-9-20-40(42)41-30-47-48(31-43(41)50)52-45-27-25-35(29-46(45)53-47)34-13-11-14-36(28-34)44-26-24-33-23-22-32-12-7-8-19-39(32)49(33)51-44/h1-31H. The summed E-state index contributed by atoms with van der Waals surface area (Å²) in [5.74, 6) is 2.81. The Hall–Kier alpha value is -6.97. The second-order valence-electron chi connectivity index (χ2n) is 13.9. The number of pyridine rings is 1. The molecule has 0 bridgehead atoms. The fourth-order valence-corrected chi connectivity index (χ4v) is 8.57. The molecule has 0 saturated carbocycles. The molecule has 248 valence electrons. The Morgan fingerprint density at radius 1 is 0.377 bits per heavy atom. The van der Waals surface area contributed by atoms with Gasteiger partial charge in [0, 0.05) is 16.3 Å². The average molecular weight is 678 g/mol. The summed E-state index contributed by atoms with van der Waals surface area (Å²) in [6.07, 6.45) is 0. The van der Waals surface area contributed by atoms with Gasteiger partial charge in [-0.25, -0.2) is 4.98 Å². The van der Waals surface area contributed by atoms with Crippen LogP contribution >= 0.6 is 0 Å². The van der Waals surface area contributed by atoms with Crippen molar-refractivity contribution in [3.05, 3.63) is 210 Å². The lowest BCUT2D eigenvalue weighted by Gasteiger charge is -2.34. The molecule has 3 nitrogen and oxygen atoms in total. The summed E-state index contributed by atoms with van der Waals surface area (Å²) < 4.78 is 13.4. The van der Waals surface area contributed by atoms with Crippen molar-refractivity contribution >= 4 is 21.7 Å². The molecule has 0 amide bonds. The number of benzene rings is 8. The molecular formula is C50H31NO2. The van der Waals surface area contributed by atoms with E-state index >= 15 is 0 Å². The van der Waals surface area contributed by atoms with Crippen LogP contribution in [0.1, 0.15) is 22.3 Å². The molecule has 11 rings (SSSR count). The zero-order chi connectivity index (χ0) is 34.9. The summed E-state index contributed by atoms with van der Waals surface area (Å²) in [6, 6.07) is 66.5. The van der Waals surface area contributed by atoms with Crippen molar-refractivity contribution in [2.75, 3.05) is 0 Å². The van der Waals surface area contributed by atoms with Crippen LogP contribution in [-0.4, -0.2) is 4.98 Å². The molecule has 1 aliphatic heterocycles. The second-order valence-corrected chi connectivity index (χ2v) is 13.9. The third kappa shape index (κ3) is 4.51. The van der Waals surface area contributed by atoms with Gasteiger partial charge in [-0.2, -0.15) is 0 Å². The van der Waals surface area contributed by atoms with Crippen molar-refractivity contribution in [3.63, 3.8) is 0 Å². The van der Waals surface area contributed by atoms with Crippen LogP contribution in [0, 0.1) is 0 Å². The first-order valence-electron chi connectivity index (χ1n) is 18.0. The average Bonchev–Trinajstić information content (AvgIpc) is 3.52. The highest BCUT2D eigenvalue weighted by atomic mass is 16.6. The predicted octanol–water partition coefficient (Wildman–Crippen LogP) is 13.0. The Kier molecular flexibility index (Phi) is 6.47. The Morgan fingerprint density at radius 3 is 1.87 bits per heavy atom. The molecule has 2 aliphatic rings. The monoisotopic (exact) mass is 677 g/mol. The van der Waals surface area contributed by atoms with Crippen molar-refractivity contribution in [2.24, 2.45) is 0 Å². The number of rotatable bonds is 4. The third-order valence-electron chi connectivity index (χ3n) is 11.0. The molecular weight excluding hydrogens is 647 g/mol. The van der Waals surface area contributed by atoms with Crippen molar-refractivity contribution < 1.29 is 9.47 Å². The van der Waals surface area contributed by atoms with E-state index in [1.165, 1.54) is 33.2 Å². The van der Waals surface area contributed by atoms with E-state index in [0.717, 1.165) is 44.2 Å². The second kappa shape index (κ2) is 11.5. The number of ether oxygens (including phenoxy) is 2. The van der Waals surface area contributed by atoms with Gasteiger partial charge in [0.15, 0.2) is 23.0 Å². The Bertz CT molecular complexity index is 2860. The largest absolute Gasteiger partial charge is 0.450 e. The van der Waals surface area contributed by atoms with Gasteiger partial charge in [0.25, 0.3) is 0 Å². The first-order chi connectivity index (χ1) is 26.2. The molecule has 9 aromatic rings. The number of nitrogens with zero attached hydrogens (tertiary/aromatic N) is 1. The minimum absolute atomic E-state index is 0.505. The lowest BCUT2D eigenvalue weighted by atomic mass is 9.67. The van der Waals surface area contributed by atoms with Gasteiger partial charge in [-0.05, 0) is 86.3 Å². The van der Waals surface area contributed by atoms with Crippen molar-refractivity contribution in [3.8, 4) is 56.5 Å². The Balaban J connectivity index is 0.990. The summed E-state index contributed by atoms with van der Waals surface area (Å²) in [5.41, 5.74) is 11.9. The molecule has 53 heavy (non-hydrogen) atoms. The minimum atomic E-state index is -0.505. The van der Waals surface area contributed by atoms with Crippen LogP contribution in [0.4, 0.5) is 0 Å². The van der Waals surface area contributed by atoms with Gasteiger partial charge in [0.1, 0.15) is 0 Å². The summed E-state index contributed by atoms with van der Waals surface area (Å²) in [5, 5.41) is 3.49. The number of aromatic nitrogens is 1. The summed E-state index contributed by atoms with van der Waals surface area (Å²) >= 11 is 0. The van der Waals surface area contributed by atoms with Gasteiger partial charge in [0.05, 0.1) is 16.6 Å². The zero-order valence-corrected chi connectivity index (χ0v) is 28.7. The molecule has 0 fully saturated rings. The molecule has 3 heteroatoms.